The van der Waals surface area contributed by atoms with Crippen molar-refractivity contribution in [3.05, 3.63) is 76.6 Å². The minimum Gasteiger partial charge on any atom is -0.497 e. The van der Waals surface area contributed by atoms with E-state index < -0.39 is 0 Å². The summed E-state index contributed by atoms with van der Waals surface area (Å²) in [6.07, 6.45) is 0. The first-order chi connectivity index (χ1) is 14.9. The number of rotatable bonds is 5. The summed E-state index contributed by atoms with van der Waals surface area (Å²) in [6.45, 7) is 4.23. The van der Waals surface area contributed by atoms with Crippen molar-refractivity contribution < 1.29 is 4.74 Å². The van der Waals surface area contributed by atoms with E-state index in [1.54, 1.807) is 13.2 Å². The van der Waals surface area contributed by atoms with Crippen molar-refractivity contribution in [2.45, 2.75) is 20.4 Å². The maximum Gasteiger partial charge on any atom is 0.229 e. The lowest BCUT2D eigenvalue weighted by Crippen LogP contribution is -2.39. The first kappa shape index (κ1) is 22.5. The Balaban J connectivity index is 1.78. The molecule has 0 saturated heterocycles. The molecule has 0 bridgehead atoms. The van der Waals surface area contributed by atoms with Crippen LogP contribution in [0.2, 0.25) is 5.02 Å². The molecule has 31 heavy (non-hydrogen) atoms. The van der Waals surface area contributed by atoms with Crippen LogP contribution in [0.4, 0.5) is 11.6 Å². The van der Waals surface area contributed by atoms with Gasteiger partial charge in [-0.05, 0) is 62.0 Å². The van der Waals surface area contributed by atoms with Gasteiger partial charge in [0.2, 0.25) is 11.9 Å². The van der Waals surface area contributed by atoms with Gasteiger partial charge in [-0.1, -0.05) is 35.9 Å². The van der Waals surface area contributed by atoms with Gasteiger partial charge < -0.3 is 15.4 Å². The normalized spacial score (nSPS) is 11.0. The SMILES string of the molecule is COc1ccc(CN=C(NC(=S)Nc2ccccc2Cl)Nc2nc(C)cc(C)n2)cc1. The van der Waals surface area contributed by atoms with Gasteiger partial charge in [0.05, 0.1) is 24.4 Å². The number of hydrogen-bond donors (Lipinski definition) is 3. The van der Waals surface area contributed by atoms with E-state index in [0.29, 0.717) is 34.3 Å². The topological polar surface area (TPSA) is 83.5 Å². The molecule has 0 amide bonds. The number of guanidine groups is 1. The maximum atomic E-state index is 6.21. The van der Waals surface area contributed by atoms with Crippen LogP contribution in [0.5, 0.6) is 5.75 Å². The summed E-state index contributed by atoms with van der Waals surface area (Å²) in [7, 11) is 1.63. The number of methoxy groups -OCH3 is 1. The summed E-state index contributed by atoms with van der Waals surface area (Å²) in [4.78, 5) is 13.4. The van der Waals surface area contributed by atoms with Crippen molar-refractivity contribution in [1.29, 1.82) is 0 Å². The first-order valence-corrected chi connectivity index (χ1v) is 10.3. The van der Waals surface area contributed by atoms with Gasteiger partial charge in [-0.15, -0.1) is 0 Å². The zero-order valence-electron chi connectivity index (χ0n) is 17.4. The highest BCUT2D eigenvalue weighted by atomic mass is 35.5. The van der Waals surface area contributed by atoms with Gasteiger partial charge in [0.25, 0.3) is 0 Å². The zero-order chi connectivity index (χ0) is 22.2. The highest BCUT2D eigenvalue weighted by Crippen LogP contribution is 2.20. The minimum atomic E-state index is 0.332. The number of aryl methyl sites for hydroxylation is 2. The summed E-state index contributed by atoms with van der Waals surface area (Å²) < 4.78 is 5.20. The lowest BCUT2D eigenvalue weighted by atomic mass is 10.2. The molecule has 3 N–H and O–H groups in total. The smallest absolute Gasteiger partial charge is 0.229 e. The third-order valence-electron chi connectivity index (χ3n) is 4.15. The highest BCUT2D eigenvalue weighted by Gasteiger charge is 2.08. The molecule has 2 aromatic carbocycles. The Morgan fingerprint density at radius 2 is 1.71 bits per heavy atom. The molecule has 0 aliphatic rings. The minimum absolute atomic E-state index is 0.332. The number of aliphatic imine (C=N–C) groups is 1. The van der Waals surface area contributed by atoms with Gasteiger partial charge in [-0.3, -0.25) is 5.32 Å². The van der Waals surface area contributed by atoms with Crippen molar-refractivity contribution in [3.63, 3.8) is 0 Å². The number of para-hydroxylation sites is 1. The monoisotopic (exact) mass is 454 g/mol. The molecule has 1 heterocycles. The van der Waals surface area contributed by atoms with Crippen LogP contribution in [0.15, 0.2) is 59.6 Å². The van der Waals surface area contributed by atoms with Crippen LogP contribution >= 0.6 is 23.8 Å². The van der Waals surface area contributed by atoms with E-state index in [-0.39, 0.29) is 0 Å². The summed E-state index contributed by atoms with van der Waals surface area (Å²) in [5.74, 6) is 1.63. The average Bonchev–Trinajstić information content (AvgIpc) is 2.73. The fourth-order valence-electron chi connectivity index (χ4n) is 2.72. The number of hydrogen-bond acceptors (Lipinski definition) is 5. The van der Waals surface area contributed by atoms with Crippen molar-refractivity contribution in [3.8, 4) is 5.75 Å². The van der Waals surface area contributed by atoms with Crippen molar-refractivity contribution in [2.24, 2.45) is 4.99 Å². The van der Waals surface area contributed by atoms with Gasteiger partial charge in [0.1, 0.15) is 5.75 Å². The maximum absolute atomic E-state index is 6.21. The van der Waals surface area contributed by atoms with Crippen molar-refractivity contribution in [2.75, 3.05) is 17.7 Å². The van der Waals surface area contributed by atoms with Crippen LogP contribution in [0.25, 0.3) is 0 Å². The fourth-order valence-corrected chi connectivity index (χ4v) is 3.11. The molecule has 3 rings (SSSR count). The second-order valence-corrected chi connectivity index (χ2v) is 7.49. The Bertz CT molecular complexity index is 1070. The number of ether oxygens (including phenoxy) is 1. The Labute approximate surface area is 191 Å². The zero-order valence-corrected chi connectivity index (χ0v) is 19.0. The quantitative estimate of drug-likeness (QED) is 0.292. The van der Waals surface area contributed by atoms with Gasteiger partial charge >= 0.3 is 0 Å². The van der Waals surface area contributed by atoms with Gasteiger partial charge in [-0.2, -0.15) is 0 Å². The molecule has 0 radical (unpaired) electrons. The molecule has 160 valence electrons. The Hall–Kier alpha value is -3.23. The Morgan fingerprint density at radius 1 is 1.03 bits per heavy atom. The lowest BCUT2D eigenvalue weighted by Gasteiger charge is -2.15. The molecule has 0 aliphatic carbocycles. The molecule has 0 saturated carbocycles. The van der Waals surface area contributed by atoms with Crippen LogP contribution < -0.4 is 20.7 Å². The molecule has 7 nitrogen and oxygen atoms in total. The van der Waals surface area contributed by atoms with E-state index in [9.17, 15) is 0 Å². The third kappa shape index (κ3) is 6.91. The number of benzene rings is 2. The summed E-state index contributed by atoms with van der Waals surface area (Å²) in [6, 6.07) is 16.9. The van der Waals surface area contributed by atoms with Crippen LogP contribution in [0.3, 0.4) is 0 Å². The fraction of sp³-hybridized carbons (Fsp3) is 0.182. The average molecular weight is 455 g/mol. The number of aromatic nitrogens is 2. The van der Waals surface area contributed by atoms with Gasteiger partial charge in [0, 0.05) is 11.4 Å². The molecular weight excluding hydrogens is 432 g/mol. The predicted octanol–water partition coefficient (Wildman–Crippen LogP) is 4.71. The predicted molar refractivity (Wildman–Crippen MR) is 130 cm³/mol. The Morgan fingerprint density at radius 3 is 2.35 bits per heavy atom. The molecule has 0 aliphatic heterocycles. The summed E-state index contributed by atoms with van der Waals surface area (Å²) in [5.41, 5.74) is 3.40. The summed E-state index contributed by atoms with van der Waals surface area (Å²) in [5, 5.41) is 10.2. The van der Waals surface area contributed by atoms with Crippen LogP contribution in [0.1, 0.15) is 17.0 Å². The molecule has 0 spiro atoms. The van der Waals surface area contributed by atoms with E-state index in [4.69, 9.17) is 28.6 Å². The lowest BCUT2D eigenvalue weighted by molar-refractivity contribution is 0.414. The molecule has 0 unspecified atom stereocenters. The third-order valence-corrected chi connectivity index (χ3v) is 4.68. The highest BCUT2D eigenvalue weighted by molar-refractivity contribution is 7.80. The van der Waals surface area contributed by atoms with Crippen LogP contribution in [0, 0.1) is 13.8 Å². The number of anilines is 2. The Kier molecular flexibility index (Phi) is 7.75. The van der Waals surface area contributed by atoms with E-state index >= 15 is 0 Å². The molecular formula is C22H23ClN6OS. The second-order valence-electron chi connectivity index (χ2n) is 6.67. The molecule has 1 aromatic heterocycles. The summed E-state index contributed by atoms with van der Waals surface area (Å²) >= 11 is 11.7. The largest absolute Gasteiger partial charge is 0.497 e. The van der Waals surface area contributed by atoms with Crippen molar-refractivity contribution in [1.82, 2.24) is 15.3 Å². The van der Waals surface area contributed by atoms with E-state index in [1.807, 2.05) is 62.4 Å². The second kappa shape index (κ2) is 10.7. The van der Waals surface area contributed by atoms with Gasteiger partial charge in [0.15, 0.2) is 5.11 Å². The molecule has 0 atom stereocenters. The van der Waals surface area contributed by atoms with Crippen LogP contribution in [-0.2, 0) is 6.54 Å². The molecule has 0 fully saturated rings. The standard InChI is InChI=1S/C22H23ClN6OS/c1-14-12-15(2)26-21(25-14)28-20(24-13-16-8-10-17(30-3)11-9-16)29-22(31)27-19-7-5-4-6-18(19)23/h4-12H,13H2,1-3H3,(H3,24,25,26,27,28,29,31). The van der Waals surface area contributed by atoms with E-state index in [0.717, 1.165) is 22.7 Å². The van der Waals surface area contributed by atoms with Crippen molar-refractivity contribution >= 4 is 46.5 Å². The number of thiocarbonyl (C=S) groups is 1. The van der Waals surface area contributed by atoms with Crippen LogP contribution in [-0.4, -0.2) is 28.1 Å². The van der Waals surface area contributed by atoms with E-state index in [2.05, 4.69) is 30.9 Å². The number of halogens is 1. The number of nitrogens with zero attached hydrogens (tertiary/aromatic N) is 3. The van der Waals surface area contributed by atoms with E-state index in [1.165, 1.54) is 0 Å². The number of nitrogens with one attached hydrogen (secondary N) is 3. The molecule has 9 heteroatoms. The first-order valence-electron chi connectivity index (χ1n) is 9.52. The van der Waals surface area contributed by atoms with Gasteiger partial charge in [-0.25, -0.2) is 15.0 Å². The molecule has 3 aromatic rings.